The van der Waals surface area contributed by atoms with Crippen molar-refractivity contribution in [2.75, 3.05) is 19.8 Å². The summed E-state index contributed by atoms with van der Waals surface area (Å²) in [5, 5.41) is 12.7. The van der Waals surface area contributed by atoms with Crippen molar-refractivity contribution in [3.8, 4) is 5.75 Å². The molecular formula is C18H31NO2. The lowest BCUT2D eigenvalue weighted by atomic mass is 9.99. The molecule has 2 unspecified atom stereocenters. The molecule has 0 spiro atoms. The van der Waals surface area contributed by atoms with Gasteiger partial charge in [0.1, 0.15) is 5.75 Å². The van der Waals surface area contributed by atoms with Gasteiger partial charge in [0, 0.05) is 12.6 Å². The van der Waals surface area contributed by atoms with Crippen molar-refractivity contribution in [1.82, 2.24) is 5.32 Å². The molecule has 3 heteroatoms. The zero-order chi connectivity index (χ0) is 15.5. The van der Waals surface area contributed by atoms with Crippen LogP contribution in [0.15, 0.2) is 24.3 Å². The number of nitrogens with one attached hydrogen (secondary N) is 1. The van der Waals surface area contributed by atoms with Gasteiger partial charge >= 0.3 is 0 Å². The van der Waals surface area contributed by atoms with Gasteiger partial charge in [-0.2, -0.15) is 0 Å². The number of hydrogen-bond acceptors (Lipinski definition) is 3. The van der Waals surface area contributed by atoms with Crippen molar-refractivity contribution >= 4 is 0 Å². The Bertz CT molecular complexity index is 358. The molecular weight excluding hydrogens is 262 g/mol. The average Bonchev–Trinajstić information content (AvgIpc) is 2.51. The summed E-state index contributed by atoms with van der Waals surface area (Å²) < 4.78 is 5.60. The summed E-state index contributed by atoms with van der Waals surface area (Å²) in [6.07, 6.45) is 4.26. The van der Waals surface area contributed by atoms with Gasteiger partial charge in [0.05, 0.1) is 6.61 Å². The molecule has 1 rings (SSSR count). The summed E-state index contributed by atoms with van der Waals surface area (Å²) in [6, 6.07) is 8.66. The molecule has 0 aliphatic rings. The minimum atomic E-state index is 0.282. The number of aliphatic hydroxyl groups excluding tert-OH is 1. The highest BCUT2D eigenvalue weighted by Crippen LogP contribution is 2.19. The Kier molecular flexibility index (Phi) is 9.11. The molecule has 1 aromatic carbocycles. The second kappa shape index (κ2) is 10.6. The van der Waals surface area contributed by atoms with E-state index in [2.05, 4.69) is 38.2 Å². The molecule has 2 N–H and O–H groups in total. The van der Waals surface area contributed by atoms with Gasteiger partial charge in [0.15, 0.2) is 0 Å². The fourth-order valence-electron chi connectivity index (χ4n) is 2.47. The molecule has 0 amide bonds. The fourth-order valence-corrected chi connectivity index (χ4v) is 2.47. The van der Waals surface area contributed by atoms with Crippen LogP contribution in [0.2, 0.25) is 0 Å². The predicted octanol–water partition coefficient (Wildman–Crippen LogP) is 3.92. The Hall–Kier alpha value is -1.06. The van der Waals surface area contributed by atoms with E-state index in [-0.39, 0.29) is 6.61 Å². The molecule has 0 heterocycles. The van der Waals surface area contributed by atoms with Crippen molar-refractivity contribution in [3.05, 3.63) is 29.8 Å². The summed E-state index contributed by atoms with van der Waals surface area (Å²) >= 11 is 0. The van der Waals surface area contributed by atoms with E-state index in [1.807, 2.05) is 12.1 Å². The molecule has 0 aliphatic heterocycles. The molecule has 0 saturated heterocycles. The maximum atomic E-state index is 9.11. The van der Waals surface area contributed by atoms with Gasteiger partial charge in [-0.15, -0.1) is 0 Å². The van der Waals surface area contributed by atoms with E-state index in [0.717, 1.165) is 31.7 Å². The first-order chi connectivity index (χ1) is 10.2. The smallest absolute Gasteiger partial charge is 0.119 e. The first-order valence-corrected chi connectivity index (χ1v) is 8.28. The van der Waals surface area contributed by atoms with E-state index < -0.39 is 0 Å². The highest BCUT2D eigenvalue weighted by molar-refractivity contribution is 5.28. The first kappa shape index (κ1) is 18.0. The Morgan fingerprint density at radius 3 is 2.38 bits per heavy atom. The Balaban J connectivity index is 2.44. The van der Waals surface area contributed by atoms with Gasteiger partial charge < -0.3 is 15.2 Å². The van der Waals surface area contributed by atoms with Crippen LogP contribution in [-0.2, 0) is 0 Å². The summed E-state index contributed by atoms with van der Waals surface area (Å²) in [5.74, 6) is 1.51. The summed E-state index contributed by atoms with van der Waals surface area (Å²) in [4.78, 5) is 0. The van der Waals surface area contributed by atoms with Crippen LogP contribution in [0, 0.1) is 5.92 Å². The number of hydrogen-bond donors (Lipinski definition) is 2. The van der Waals surface area contributed by atoms with Crippen LogP contribution in [0.25, 0.3) is 0 Å². The van der Waals surface area contributed by atoms with Gasteiger partial charge in [-0.3, -0.25) is 0 Å². The minimum Gasteiger partial charge on any atom is -0.494 e. The van der Waals surface area contributed by atoms with Gasteiger partial charge in [-0.1, -0.05) is 32.4 Å². The summed E-state index contributed by atoms with van der Waals surface area (Å²) in [5.41, 5.74) is 1.28. The van der Waals surface area contributed by atoms with E-state index >= 15 is 0 Å². The SMILES string of the molecule is CCCOc1ccc(C(C)NCC(CCC)CCO)cc1. The molecule has 0 fully saturated rings. The maximum Gasteiger partial charge on any atom is 0.119 e. The zero-order valence-corrected chi connectivity index (χ0v) is 13.8. The number of ether oxygens (including phenoxy) is 1. The van der Waals surface area contributed by atoms with E-state index in [0.29, 0.717) is 12.0 Å². The van der Waals surface area contributed by atoms with Gasteiger partial charge in [0.25, 0.3) is 0 Å². The molecule has 2 atom stereocenters. The van der Waals surface area contributed by atoms with Crippen LogP contribution >= 0.6 is 0 Å². The van der Waals surface area contributed by atoms with Crippen molar-refractivity contribution < 1.29 is 9.84 Å². The van der Waals surface area contributed by atoms with Crippen molar-refractivity contribution in [2.24, 2.45) is 5.92 Å². The Labute approximate surface area is 129 Å². The zero-order valence-electron chi connectivity index (χ0n) is 13.8. The van der Waals surface area contributed by atoms with Crippen LogP contribution < -0.4 is 10.1 Å². The van der Waals surface area contributed by atoms with Crippen molar-refractivity contribution in [2.45, 2.75) is 52.5 Å². The van der Waals surface area contributed by atoms with Crippen LogP contribution in [-0.4, -0.2) is 24.9 Å². The lowest BCUT2D eigenvalue weighted by Gasteiger charge is -2.20. The standard InChI is InChI=1S/C18H31NO2/c1-4-6-16(11-12-20)14-19-15(3)17-7-9-18(10-8-17)21-13-5-2/h7-10,15-16,19-20H,4-6,11-14H2,1-3H3. The van der Waals surface area contributed by atoms with E-state index in [9.17, 15) is 0 Å². The van der Waals surface area contributed by atoms with Crippen LogP contribution in [0.3, 0.4) is 0 Å². The largest absolute Gasteiger partial charge is 0.494 e. The van der Waals surface area contributed by atoms with Crippen molar-refractivity contribution in [1.29, 1.82) is 0 Å². The summed E-state index contributed by atoms with van der Waals surface area (Å²) in [6.45, 7) is 8.51. The summed E-state index contributed by atoms with van der Waals surface area (Å²) in [7, 11) is 0. The molecule has 0 saturated carbocycles. The predicted molar refractivity (Wildman–Crippen MR) is 88.7 cm³/mol. The third-order valence-corrected chi connectivity index (χ3v) is 3.80. The monoisotopic (exact) mass is 293 g/mol. The normalized spacial score (nSPS) is 13.9. The topological polar surface area (TPSA) is 41.5 Å². The quantitative estimate of drug-likeness (QED) is 0.649. The van der Waals surface area contributed by atoms with Crippen LogP contribution in [0.4, 0.5) is 0 Å². The van der Waals surface area contributed by atoms with Gasteiger partial charge in [-0.25, -0.2) is 0 Å². The highest BCUT2D eigenvalue weighted by atomic mass is 16.5. The molecule has 0 aromatic heterocycles. The Morgan fingerprint density at radius 1 is 1.10 bits per heavy atom. The lowest BCUT2D eigenvalue weighted by Crippen LogP contribution is -2.26. The maximum absolute atomic E-state index is 9.11. The molecule has 0 bridgehead atoms. The minimum absolute atomic E-state index is 0.282. The number of aliphatic hydroxyl groups is 1. The first-order valence-electron chi connectivity index (χ1n) is 8.28. The van der Waals surface area contributed by atoms with Crippen molar-refractivity contribution in [3.63, 3.8) is 0 Å². The highest BCUT2D eigenvalue weighted by Gasteiger charge is 2.10. The van der Waals surface area contributed by atoms with Gasteiger partial charge in [0.2, 0.25) is 0 Å². The molecule has 0 radical (unpaired) electrons. The van der Waals surface area contributed by atoms with Crippen LogP contribution in [0.1, 0.15) is 58.1 Å². The third-order valence-electron chi connectivity index (χ3n) is 3.80. The third kappa shape index (κ3) is 6.96. The molecule has 1 aromatic rings. The average molecular weight is 293 g/mol. The fraction of sp³-hybridized carbons (Fsp3) is 0.667. The van der Waals surface area contributed by atoms with Gasteiger partial charge in [-0.05, 0) is 56.3 Å². The molecule has 3 nitrogen and oxygen atoms in total. The number of benzene rings is 1. The number of rotatable bonds is 11. The lowest BCUT2D eigenvalue weighted by molar-refractivity contribution is 0.246. The molecule has 21 heavy (non-hydrogen) atoms. The second-order valence-electron chi connectivity index (χ2n) is 5.71. The van der Waals surface area contributed by atoms with Crippen LogP contribution in [0.5, 0.6) is 5.75 Å². The Morgan fingerprint density at radius 2 is 1.81 bits per heavy atom. The molecule has 0 aliphatic carbocycles. The molecule has 120 valence electrons. The van der Waals surface area contributed by atoms with E-state index in [1.165, 1.54) is 18.4 Å². The van der Waals surface area contributed by atoms with E-state index in [4.69, 9.17) is 9.84 Å². The second-order valence-corrected chi connectivity index (χ2v) is 5.71. The van der Waals surface area contributed by atoms with E-state index in [1.54, 1.807) is 0 Å².